The topological polar surface area (TPSA) is 48.9 Å². The van der Waals surface area contributed by atoms with Gasteiger partial charge in [-0.15, -0.1) is 0 Å². The van der Waals surface area contributed by atoms with Gasteiger partial charge in [0.1, 0.15) is 0 Å². The Labute approximate surface area is 158 Å². The van der Waals surface area contributed by atoms with Gasteiger partial charge in [0.2, 0.25) is 0 Å². The van der Waals surface area contributed by atoms with Gasteiger partial charge >= 0.3 is 0 Å². The van der Waals surface area contributed by atoms with E-state index in [-0.39, 0.29) is 6.04 Å². The van der Waals surface area contributed by atoms with Crippen LogP contribution in [0.3, 0.4) is 0 Å². The summed E-state index contributed by atoms with van der Waals surface area (Å²) < 4.78 is 5.25. The van der Waals surface area contributed by atoms with Crippen LogP contribution in [0.5, 0.6) is 0 Å². The number of benzene rings is 1. The molecule has 0 bridgehead atoms. The van der Waals surface area contributed by atoms with Crippen LogP contribution in [0.4, 0.5) is 5.69 Å². The number of nitrogens with zero attached hydrogens (tertiary/aromatic N) is 2. The van der Waals surface area contributed by atoms with E-state index in [4.69, 9.17) is 4.74 Å². The maximum absolute atomic E-state index is 5.25. The van der Waals surface area contributed by atoms with Gasteiger partial charge in [-0.1, -0.05) is 12.1 Å². The van der Waals surface area contributed by atoms with Crippen LogP contribution >= 0.6 is 0 Å². The first-order valence-electron chi connectivity index (χ1n) is 9.97. The van der Waals surface area contributed by atoms with Crippen LogP contribution < -0.4 is 15.5 Å². The summed E-state index contributed by atoms with van der Waals surface area (Å²) >= 11 is 0. The largest absolute Gasteiger partial charge is 0.385 e. The standard InChI is InChI=1S/C21H34N4O/c1-17(18-7-6-8-19(15-18)25-12-4-5-13-25)24-20(22-2)23-16-21(9-10-21)11-14-26-3/h6-8,15,17H,4-5,9-14,16H2,1-3H3,(H2,22,23,24). The number of hydrogen-bond donors (Lipinski definition) is 2. The molecule has 1 aliphatic heterocycles. The summed E-state index contributed by atoms with van der Waals surface area (Å²) in [6.45, 7) is 6.37. The van der Waals surface area contributed by atoms with Gasteiger partial charge in [-0.25, -0.2) is 0 Å². The van der Waals surface area contributed by atoms with Gasteiger partial charge in [-0.3, -0.25) is 4.99 Å². The number of aliphatic imine (C=N–C) groups is 1. The molecule has 26 heavy (non-hydrogen) atoms. The minimum atomic E-state index is 0.220. The third-order valence-electron chi connectivity index (χ3n) is 5.84. The molecule has 2 aliphatic rings. The van der Waals surface area contributed by atoms with Gasteiger partial charge in [-0.2, -0.15) is 0 Å². The van der Waals surface area contributed by atoms with E-state index in [1.807, 2.05) is 7.05 Å². The molecule has 1 saturated carbocycles. The molecule has 1 aromatic rings. The average molecular weight is 359 g/mol. The summed E-state index contributed by atoms with van der Waals surface area (Å²) in [4.78, 5) is 6.90. The first-order valence-corrected chi connectivity index (χ1v) is 9.97. The third kappa shape index (κ3) is 4.91. The number of anilines is 1. The molecular formula is C21H34N4O. The summed E-state index contributed by atoms with van der Waals surface area (Å²) in [6.07, 6.45) is 6.31. The van der Waals surface area contributed by atoms with E-state index < -0.39 is 0 Å². The van der Waals surface area contributed by atoms with Gasteiger partial charge in [0.15, 0.2) is 5.96 Å². The Kier molecular flexibility index (Phi) is 6.41. The smallest absolute Gasteiger partial charge is 0.191 e. The number of ether oxygens (including phenoxy) is 1. The molecule has 1 aromatic carbocycles. The maximum Gasteiger partial charge on any atom is 0.191 e. The molecule has 1 saturated heterocycles. The molecule has 0 amide bonds. The molecule has 5 heteroatoms. The molecule has 0 spiro atoms. The van der Waals surface area contributed by atoms with Crippen molar-refractivity contribution in [3.05, 3.63) is 29.8 Å². The monoisotopic (exact) mass is 358 g/mol. The van der Waals surface area contributed by atoms with E-state index in [1.54, 1.807) is 7.11 Å². The summed E-state index contributed by atoms with van der Waals surface area (Å²) in [6, 6.07) is 9.13. The van der Waals surface area contributed by atoms with Crippen molar-refractivity contribution in [2.45, 2.75) is 45.1 Å². The van der Waals surface area contributed by atoms with E-state index in [2.05, 4.69) is 51.7 Å². The zero-order chi connectivity index (χ0) is 18.4. The van der Waals surface area contributed by atoms with Crippen LogP contribution in [0.2, 0.25) is 0 Å². The van der Waals surface area contributed by atoms with Crippen molar-refractivity contribution < 1.29 is 4.74 Å². The van der Waals surface area contributed by atoms with Gasteiger partial charge in [0.05, 0.1) is 6.04 Å². The second kappa shape index (κ2) is 8.76. The van der Waals surface area contributed by atoms with Crippen molar-refractivity contribution in [3.8, 4) is 0 Å². The summed E-state index contributed by atoms with van der Waals surface area (Å²) in [5, 5.41) is 7.07. The number of hydrogen-bond acceptors (Lipinski definition) is 3. The van der Waals surface area contributed by atoms with Crippen molar-refractivity contribution in [2.24, 2.45) is 10.4 Å². The summed E-state index contributed by atoms with van der Waals surface area (Å²) in [5.41, 5.74) is 3.05. The predicted molar refractivity (Wildman–Crippen MR) is 109 cm³/mol. The van der Waals surface area contributed by atoms with Crippen LogP contribution in [0, 0.1) is 5.41 Å². The van der Waals surface area contributed by atoms with Gasteiger partial charge in [-0.05, 0) is 62.1 Å². The van der Waals surface area contributed by atoms with Crippen LogP contribution in [0.15, 0.2) is 29.3 Å². The van der Waals surface area contributed by atoms with E-state index in [0.717, 1.165) is 25.5 Å². The lowest BCUT2D eigenvalue weighted by molar-refractivity contribution is 0.172. The SMILES string of the molecule is CN=C(NCC1(CCOC)CC1)NC(C)c1cccc(N2CCCC2)c1. The first kappa shape index (κ1) is 19.0. The van der Waals surface area contributed by atoms with Crippen molar-refractivity contribution in [1.82, 2.24) is 10.6 Å². The minimum absolute atomic E-state index is 0.220. The molecule has 1 atom stereocenters. The lowest BCUT2D eigenvalue weighted by Crippen LogP contribution is -2.41. The molecule has 0 aromatic heterocycles. The summed E-state index contributed by atoms with van der Waals surface area (Å²) in [7, 11) is 3.62. The highest BCUT2D eigenvalue weighted by Crippen LogP contribution is 2.48. The predicted octanol–water partition coefficient (Wildman–Crippen LogP) is 3.33. The average Bonchev–Trinajstić information content (AvgIpc) is 3.22. The van der Waals surface area contributed by atoms with Crippen LogP contribution in [0.25, 0.3) is 0 Å². The Hall–Kier alpha value is -1.75. The second-order valence-corrected chi connectivity index (χ2v) is 7.82. The zero-order valence-electron chi connectivity index (χ0n) is 16.6. The van der Waals surface area contributed by atoms with Crippen molar-refractivity contribution in [2.75, 3.05) is 45.3 Å². The van der Waals surface area contributed by atoms with Gasteiger partial charge in [0.25, 0.3) is 0 Å². The number of guanidine groups is 1. The lowest BCUT2D eigenvalue weighted by atomic mass is 10.0. The summed E-state index contributed by atoms with van der Waals surface area (Å²) in [5.74, 6) is 0.882. The van der Waals surface area contributed by atoms with Gasteiger partial charge < -0.3 is 20.3 Å². The van der Waals surface area contributed by atoms with E-state index in [1.165, 1.54) is 50.0 Å². The van der Waals surface area contributed by atoms with Crippen LogP contribution in [0.1, 0.15) is 50.6 Å². The number of nitrogens with one attached hydrogen (secondary N) is 2. The number of methoxy groups -OCH3 is 1. The Morgan fingerprint density at radius 2 is 2.08 bits per heavy atom. The molecule has 1 heterocycles. The minimum Gasteiger partial charge on any atom is -0.385 e. The van der Waals surface area contributed by atoms with Gasteiger partial charge in [0, 0.05) is 46.1 Å². The van der Waals surface area contributed by atoms with Crippen molar-refractivity contribution in [1.29, 1.82) is 0 Å². The first-order chi connectivity index (χ1) is 12.7. The molecule has 0 radical (unpaired) electrons. The van der Waals surface area contributed by atoms with Crippen LogP contribution in [-0.4, -0.2) is 46.4 Å². The quantitative estimate of drug-likeness (QED) is 0.553. The van der Waals surface area contributed by atoms with E-state index in [0.29, 0.717) is 5.41 Å². The number of rotatable bonds is 8. The Bertz CT molecular complexity index is 606. The Balaban J connectivity index is 1.54. The molecule has 2 fully saturated rings. The highest BCUT2D eigenvalue weighted by molar-refractivity contribution is 5.80. The van der Waals surface area contributed by atoms with E-state index >= 15 is 0 Å². The molecule has 2 N–H and O–H groups in total. The van der Waals surface area contributed by atoms with Crippen molar-refractivity contribution in [3.63, 3.8) is 0 Å². The highest BCUT2D eigenvalue weighted by Gasteiger charge is 2.41. The lowest BCUT2D eigenvalue weighted by Gasteiger charge is -2.23. The normalized spacial score (nSPS) is 20.1. The fourth-order valence-corrected chi connectivity index (χ4v) is 3.73. The molecule has 3 rings (SSSR count). The molecule has 1 aliphatic carbocycles. The maximum atomic E-state index is 5.25. The fourth-order valence-electron chi connectivity index (χ4n) is 3.73. The molecule has 1 unspecified atom stereocenters. The third-order valence-corrected chi connectivity index (χ3v) is 5.84. The van der Waals surface area contributed by atoms with Crippen LogP contribution in [-0.2, 0) is 4.74 Å². The Morgan fingerprint density at radius 1 is 1.31 bits per heavy atom. The fraction of sp³-hybridized carbons (Fsp3) is 0.667. The molecule has 144 valence electrons. The zero-order valence-corrected chi connectivity index (χ0v) is 16.6. The highest BCUT2D eigenvalue weighted by atomic mass is 16.5. The van der Waals surface area contributed by atoms with E-state index in [9.17, 15) is 0 Å². The molecular weight excluding hydrogens is 324 g/mol. The van der Waals surface area contributed by atoms with Crippen molar-refractivity contribution >= 4 is 11.6 Å². The second-order valence-electron chi connectivity index (χ2n) is 7.82. The molecule has 5 nitrogen and oxygen atoms in total. The Morgan fingerprint density at radius 3 is 2.73 bits per heavy atom.